The van der Waals surface area contributed by atoms with Crippen molar-refractivity contribution < 1.29 is 14.7 Å². The molecular weight excluding hydrogens is 420 g/mol. The average molecular weight is 443 g/mol. The van der Waals surface area contributed by atoms with Crippen molar-refractivity contribution in [1.82, 2.24) is 14.8 Å². The Labute approximate surface area is 184 Å². The van der Waals surface area contributed by atoms with Gasteiger partial charge in [0, 0.05) is 15.9 Å². The molecule has 1 heterocycles. The molecule has 0 aliphatic heterocycles. The van der Waals surface area contributed by atoms with E-state index in [1.807, 2.05) is 0 Å². The Hall–Kier alpha value is -3.39. The van der Waals surface area contributed by atoms with Crippen LogP contribution in [0.4, 0.5) is 4.79 Å². The predicted octanol–water partition coefficient (Wildman–Crippen LogP) is 3.64. The van der Waals surface area contributed by atoms with E-state index in [9.17, 15) is 19.5 Å². The fourth-order valence-electron chi connectivity index (χ4n) is 3.13. The summed E-state index contributed by atoms with van der Waals surface area (Å²) in [4.78, 5) is 39.3. The molecule has 2 N–H and O–H groups in total. The van der Waals surface area contributed by atoms with E-state index in [0.717, 1.165) is 10.4 Å². The van der Waals surface area contributed by atoms with Crippen LogP contribution < -0.4 is 11.0 Å². The van der Waals surface area contributed by atoms with Crippen LogP contribution in [-0.4, -0.2) is 37.4 Å². The lowest BCUT2D eigenvalue weighted by Gasteiger charge is -2.33. The normalized spacial score (nSPS) is 11.4. The lowest BCUT2D eigenvalue weighted by Crippen LogP contribution is -2.45. The summed E-state index contributed by atoms with van der Waals surface area (Å²) in [6.45, 7) is 5.26. The summed E-state index contributed by atoms with van der Waals surface area (Å²) >= 11 is 5.87. The summed E-state index contributed by atoms with van der Waals surface area (Å²) in [6.07, 6.45) is -1.08. The zero-order valence-corrected chi connectivity index (χ0v) is 18.2. The molecule has 0 fully saturated rings. The van der Waals surface area contributed by atoms with Gasteiger partial charge in [0.05, 0.1) is 24.0 Å². The van der Waals surface area contributed by atoms with E-state index >= 15 is 0 Å². The highest BCUT2D eigenvalue weighted by Gasteiger charge is 2.28. The first-order valence-corrected chi connectivity index (χ1v) is 10.00. The molecule has 0 saturated heterocycles. The minimum absolute atomic E-state index is 0.0245. The summed E-state index contributed by atoms with van der Waals surface area (Å²) in [5, 5.41) is 15.3. The molecule has 2 amide bonds. The van der Waals surface area contributed by atoms with Gasteiger partial charge < -0.3 is 5.11 Å². The number of nitrogens with zero attached hydrogens (tertiary/aromatic N) is 3. The molecule has 0 spiro atoms. The number of halogens is 1. The van der Waals surface area contributed by atoms with Gasteiger partial charge in [-0.15, -0.1) is 4.79 Å². The number of carboxylic acid groups (broad SMARTS) is 1. The molecule has 3 rings (SSSR count). The van der Waals surface area contributed by atoms with Crippen LogP contribution in [-0.2, 0) is 17.8 Å². The Morgan fingerprint density at radius 2 is 1.71 bits per heavy atom. The van der Waals surface area contributed by atoms with Gasteiger partial charge in [0.15, 0.2) is 0 Å². The Morgan fingerprint density at radius 1 is 1.10 bits per heavy atom. The fraction of sp³-hybridized carbons (Fsp3) is 0.273. The first kappa shape index (κ1) is 22.3. The van der Waals surface area contributed by atoms with Crippen LogP contribution in [0.2, 0.25) is 5.02 Å². The molecule has 8 nitrogen and oxygen atoms in total. The summed E-state index contributed by atoms with van der Waals surface area (Å²) in [5.74, 6) is -0.441. The first-order chi connectivity index (χ1) is 14.6. The van der Waals surface area contributed by atoms with Crippen molar-refractivity contribution in [1.29, 1.82) is 0 Å². The topological polar surface area (TPSA) is 105 Å². The van der Waals surface area contributed by atoms with Gasteiger partial charge in [-0.25, -0.2) is 10.2 Å². The second kappa shape index (κ2) is 8.77. The number of hydrogen-bond acceptors (Lipinski definition) is 4. The summed E-state index contributed by atoms with van der Waals surface area (Å²) in [5.41, 5.74) is 2.40. The van der Waals surface area contributed by atoms with E-state index in [1.165, 1.54) is 4.90 Å². The van der Waals surface area contributed by atoms with Gasteiger partial charge in [0.25, 0.3) is 5.56 Å². The number of aromatic nitrogens is 2. The van der Waals surface area contributed by atoms with Crippen LogP contribution in [0.25, 0.3) is 10.8 Å². The van der Waals surface area contributed by atoms with Crippen LogP contribution in [0.3, 0.4) is 0 Å². The van der Waals surface area contributed by atoms with Gasteiger partial charge in [-0.3, -0.25) is 14.5 Å². The van der Waals surface area contributed by atoms with Gasteiger partial charge in [-0.2, -0.15) is 5.10 Å². The highest BCUT2D eigenvalue weighted by molar-refractivity contribution is 6.30. The maximum Gasteiger partial charge on any atom is 0.408 e. The average Bonchev–Trinajstić information content (AvgIpc) is 2.69. The lowest BCUT2D eigenvalue weighted by molar-refractivity contribution is -0.116. The van der Waals surface area contributed by atoms with E-state index in [1.54, 1.807) is 69.3 Å². The minimum Gasteiger partial charge on any atom is -0.465 e. The van der Waals surface area contributed by atoms with Crippen LogP contribution >= 0.6 is 11.6 Å². The molecular formula is C22H23ClN4O4. The van der Waals surface area contributed by atoms with Crippen molar-refractivity contribution in [3.05, 3.63) is 75.2 Å². The van der Waals surface area contributed by atoms with Gasteiger partial charge in [0.2, 0.25) is 5.91 Å². The molecule has 2 aromatic carbocycles. The van der Waals surface area contributed by atoms with E-state index in [4.69, 9.17) is 11.6 Å². The molecule has 0 unspecified atom stereocenters. The number of benzene rings is 2. The molecule has 162 valence electrons. The molecule has 0 radical (unpaired) electrons. The number of fused-ring (bicyclic) bond motifs is 1. The van der Waals surface area contributed by atoms with Crippen molar-refractivity contribution in [2.75, 3.05) is 5.43 Å². The number of amides is 2. The molecule has 0 aliphatic carbocycles. The number of carbonyl (C=O) groups is 2. The monoisotopic (exact) mass is 442 g/mol. The molecule has 9 heteroatoms. The summed E-state index contributed by atoms with van der Waals surface area (Å²) in [6, 6.07) is 13.6. The van der Waals surface area contributed by atoms with Crippen molar-refractivity contribution >= 4 is 34.4 Å². The summed E-state index contributed by atoms with van der Waals surface area (Å²) in [7, 11) is 0. The Kier molecular flexibility index (Phi) is 6.31. The van der Waals surface area contributed by atoms with Crippen LogP contribution in [0.5, 0.6) is 0 Å². The lowest BCUT2D eigenvalue weighted by atomic mass is 10.1. The Morgan fingerprint density at radius 3 is 2.29 bits per heavy atom. The molecule has 0 saturated carbocycles. The van der Waals surface area contributed by atoms with Crippen LogP contribution in [0.1, 0.15) is 32.0 Å². The van der Waals surface area contributed by atoms with Gasteiger partial charge in [0.1, 0.15) is 0 Å². The molecule has 31 heavy (non-hydrogen) atoms. The third-order valence-corrected chi connectivity index (χ3v) is 4.99. The first-order valence-electron chi connectivity index (χ1n) is 9.62. The van der Waals surface area contributed by atoms with E-state index in [-0.39, 0.29) is 13.0 Å². The number of carbonyl (C=O) groups excluding carboxylic acids is 1. The summed E-state index contributed by atoms with van der Waals surface area (Å²) < 4.78 is 0. The van der Waals surface area contributed by atoms with Crippen LogP contribution in [0.15, 0.2) is 53.3 Å². The smallest absolute Gasteiger partial charge is 0.408 e. The van der Waals surface area contributed by atoms with E-state index < -0.39 is 23.1 Å². The van der Waals surface area contributed by atoms with Crippen molar-refractivity contribution in [2.45, 2.75) is 39.3 Å². The zero-order chi connectivity index (χ0) is 22.8. The maximum atomic E-state index is 12.9. The van der Waals surface area contributed by atoms with Crippen LogP contribution in [0, 0.1) is 0 Å². The highest BCUT2D eigenvalue weighted by atomic mass is 35.5. The van der Waals surface area contributed by atoms with Crippen molar-refractivity contribution in [3.8, 4) is 0 Å². The maximum absolute atomic E-state index is 12.9. The largest absolute Gasteiger partial charge is 0.465 e. The van der Waals surface area contributed by atoms with Gasteiger partial charge in [-0.05, 0) is 44.5 Å². The van der Waals surface area contributed by atoms with E-state index in [0.29, 0.717) is 21.5 Å². The molecule has 0 bridgehead atoms. The number of rotatable bonds is 5. The van der Waals surface area contributed by atoms with Crippen molar-refractivity contribution in [2.24, 2.45) is 0 Å². The van der Waals surface area contributed by atoms with Gasteiger partial charge >= 0.3 is 6.09 Å². The SMILES string of the molecule is CC(C)(C)N(Cc1nn(NC(=O)Cc2ccc(Cl)cc2)c(=O)c2ccccc12)C(=O)O. The quantitative estimate of drug-likeness (QED) is 0.627. The minimum atomic E-state index is -1.11. The molecule has 1 aromatic heterocycles. The predicted molar refractivity (Wildman–Crippen MR) is 119 cm³/mol. The fourth-order valence-corrected chi connectivity index (χ4v) is 3.26. The van der Waals surface area contributed by atoms with Gasteiger partial charge in [-0.1, -0.05) is 41.9 Å². The molecule has 0 atom stereocenters. The second-order valence-corrected chi connectivity index (χ2v) is 8.52. The molecule has 3 aromatic rings. The third kappa shape index (κ3) is 5.21. The third-order valence-electron chi connectivity index (χ3n) is 4.74. The standard InChI is InChI=1S/C22H23ClN4O4/c1-22(2,3)26(21(30)31)13-18-16-6-4-5-7-17(16)20(29)27(24-18)25-19(28)12-14-8-10-15(23)11-9-14/h4-11H,12-13H2,1-3H3,(H,25,28)(H,30,31). The zero-order valence-electron chi connectivity index (χ0n) is 17.4. The number of hydrogen-bond donors (Lipinski definition) is 2. The Bertz CT molecular complexity index is 1180. The number of nitrogens with one attached hydrogen (secondary N) is 1. The highest BCUT2D eigenvalue weighted by Crippen LogP contribution is 2.20. The second-order valence-electron chi connectivity index (χ2n) is 8.09. The van der Waals surface area contributed by atoms with Crippen molar-refractivity contribution in [3.63, 3.8) is 0 Å². The van der Waals surface area contributed by atoms with E-state index in [2.05, 4.69) is 10.5 Å². The molecule has 0 aliphatic rings. The Balaban J connectivity index is 1.97.